The van der Waals surface area contributed by atoms with Crippen molar-refractivity contribution in [3.8, 4) is 0 Å². The predicted molar refractivity (Wildman–Crippen MR) is 148 cm³/mol. The molecule has 3 amide bonds. The van der Waals surface area contributed by atoms with Crippen LogP contribution in [0.5, 0.6) is 0 Å². The highest BCUT2D eigenvalue weighted by molar-refractivity contribution is 5.92. The summed E-state index contributed by atoms with van der Waals surface area (Å²) in [4.78, 5) is 42.4. The number of nitrogens with zero attached hydrogens (tertiary/aromatic N) is 1. The molecule has 0 aromatic heterocycles. The van der Waals surface area contributed by atoms with E-state index in [0.717, 1.165) is 42.4 Å². The van der Waals surface area contributed by atoms with Gasteiger partial charge in [-0.2, -0.15) is 0 Å². The summed E-state index contributed by atoms with van der Waals surface area (Å²) in [6.45, 7) is 17.3. The van der Waals surface area contributed by atoms with Crippen molar-refractivity contribution in [2.45, 2.75) is 131 Å². The van der Waals surface area contributed by atoms with Crippen LogP contribution in [-0.4, -0.2) is 46.5 Å². The quantitative estimate of drug-likeness (QED) is 0.424. The third-order valence-corrected chi connectivity index (χ3v) is 6.83. The molecule has 1 aromatic carbocycles. The Morgan fingerprint density at radius 2 is 1.62 bits per heavy atom. The lowest BCUT2D eigenvalue weighted by Gasteiger charge is -2.38. The first-order chi connectivity index (χ1) is 17.2. The zero-order valence-electron chi connectivity index (χ0n) is 24.4. The van der Waals surface area contributed by atoms with E-state index in [1.54, 1.807) is 25.7 Å². The van der Waals surface area contributed by atoms with Gasteiger partial charge in [0.15, 0.2) is 0 Å². The number of nitrogens with one attached hydrogen (secondary N) is 2. The van der Waals surface area contributed by atoms with E-state index in [0.29, 0.717) is 6.42 Å². The van der Waals surface area contributed by atoms with Crippen molar-refractivity contribution in [2.75, 3.05) is 0 Å². The fourth-order valence-corrected chi connectivity index (χ4v) is 4.90. The number of ether oxygens (including phenoxy) is 1. The van der Waals surface area contributed by atoms with Gasteiger partial charge in [0, 0.05) is 12.1 Å². The Balaban J connectivity index is 2.47. The summed E-state index contributed by atoms with van der Waals surface area (Å²) in [5.74, 6) is -0.302. The third kappa shape index (κ3) is 9.35. The molecule has 1 aliphatic carbocycles. The molecule has 0 heterocycles. The minimum Gasteiger partial charge on any atom is -0.444 e. The zero-order valence-corrected chi connectivity index (χ0v) is 24.4. The van der Waals surface area contributed by atoms with Gasteiger partial charge in [0.05, 0.1) is 0 Å². The summed E-state index contributed by atoms with van der Waals surface area (Å²) in [5, 5.41) is 6.05. The molecule has 1 aliphatic rings. The maximum Gasteiger partial charge on any atom is 0.408 e. The van der Waals surface area contributed by atoms with Crippen molar-refractivity contribution < 1.29 is 19.1 Å². The molecule has 0 spiro atoms. The van der Waals surface area contributed by atoms with Gasteiger partial charge in [0.25, 0.3) is 0 Å². The second kappa shape index (κ2) is 13.3. The lowest BCUT2D eigenvalue weighted by Crippen LogP contribution is -2.56. The van der Waals surface area contributed by atoms with E-state index in [9.17, 15) is 14.4 Å². The van der Waals surface area contributed by atoms with Crippen LogP contribution < -0.4 is 10.6 Å². The minimum atomic E-state index is -0.811. The minimum absolute atomic E-state index is 0.116. The number of hydrogen-bond donors (Lipinski definition) is 2. The topological polar surface area (TPSA) is 87.7 Å². The van der Waals surface area contributed by atoms with Crippen LogP contribution in [-0.2, 0) is 14.3 Å². The number of carbonyl (C=O) groups is 3. The number of alkyl carbamates (subject to hydrolysis) is 1. The highest BCUT2D eigenvalue weighted by Gasteiger charge is 2.38. The molecule has 37 heavy (non-hydrogen) atoms. The summed E-state index contributed by atoms with van der Waals surface area (Å²) in [6.07, 6.45) is 5.10. The van der Waals surface area contributed by atoms with Gasteiger partial charge in [0.1, 0.15) is 17.7 Å². The molecule has 0 saturated heterocycles. The van der Waals surface area contributed by atoms with Gasteiger partial charge in [-0.3, -0.25) is 9.59 Å². The predicted octanol–water partition coefficient (Wildman–Crippen LogP) is 5.97. The van der Waals surface area contributed by atoms with Crippen molar-refractivity contribution in [2.24, 2.45) is 5.92 Å². The Morgan fingerprint density at radius 3 is 2.14 bits per heavy atom. The number of amides is 3. The summed E-state index contributed by atoms with van der Waals surface area (Å²) in [5.41, 5.74) is 2.28. The fourth-order valence-electron chi connectivity index (χ4n) is 4.90. The van der Waals surface area contributed by atoms with Gasteiger partial charge in [-0.05, 0) is 90.3 Å². The van der Waals surface area contributed by atoms with E-state index >= 15 is 0 Å². The van der Waals surface area contributed by atoms with Gasteiger partial charge in [-0.1, -0.05) is 51.3 Å². The van der Waals surface area contributed by atoms with Gasteiger partial charge in [0.2, 0.25) is 11.8 Å². The van der Waals surface area contributed by atoms with Crippen LogP contribution in [0.4, 0.5) is 4.79 Å². The highest BCUT2D eigenvalue weighted by Crippen LogP contribution is 2.29. The number of hydrogen-bond acceptors (Lipinski definition) is 4. The molecular formula is C30H49N3O4. The lowest BCUT2D eigenvalue weighted by atomic mass is 9.93. The molecule has 1 saturated carbocycles. The van der Waals surface area contributed by atoms with E-state index in [1.807, 2.05) is 59.7 Å². The van der Waals surface area contributed by atoms with Crippen LogP contribution in [0.3, 0.4) is 0 Å². The number of benzene rings is 1. The molecule has 2 rings (SSSR count). The summed E-state index contributed by atoms with van der Waals surface area (Å²) in [7, 11) is 0. The Morgan fingerprint density at radius 1 is 1.00 bits per heavy atom. The molecule has 2 atom stereocenters. The van der Waals surface area contributed by atoms with Crippen molar-refractivity contribution in [1.82, 2.24) is 15.5 Å². The van der Waals surface area contributed by atoms with Crippen LogP contribution in [0.1, 0.15) is 110 Å². The summed E-state index contributed by atoms with van der Waals surface area (Å²) in [6, 6.07) is 4.17. The van der Waals surface area contributed by atoms with Crippen molar-refractivity contribution in [3.63, 3.8) is 0 Å². The zero-order chi connectivity index (χ0) is 27.9. The van der Waals surface area contributed by atoms with Crippen molar-refractivity contribution in [1.29, 1.82) is 0 Å². The van der Waals surface area contributed by atoms with Crippen LogP contribution in [0.25, 0.3) is 0 Å². The van der Waals surface area contributed by atoms with Crippen LogP contribution >= 0.6 is 0 Å². The van der Waals surface area contributed by atoms with E-state index in [2.05, 4.69) is 10.6 Å². The Hall–Kier alpha value is -2.57. The molecule has 2 unspecified atom stereocenters. The molecular weight excluding hydrogens is 466 g/mol. The second-order valence-corrected chi connectivity index (χ2v) is 12.3. The molecule has 0 bridgehead atoms. The lowest BCUT2D eigenvalue weighted by molar-refractivity contribution is -0.145. The molecule has 7 nitrogen and oxygen atoms in total. The van der Waals surface area contributed by atoms with E-state index in [-0.39, 0.29) is 29.8 Å². The van der Waals surface area contributed by atoms with Gasteiger partial charge < -0.3 is 20.3 Å². The van der Waals surface area contributed by atoms with Crippen LogP contribution in [0.2, 0.25) is 0 Å². The Bertz CT molecular complexity index is 929. The van der Waals surface area contributed by atoms with Gasteiger partial charge in [-0.15, -0.1) is 0 Å². The highest BCUT2D eigenvalue weighted by atomic mass is 16.6. The monoisotopic (exact) mass is 515 g/mol. The van der Waals surface area contributed by atoms with Gasteiger partial charge in [-0.25, -0.2) is 4.79 Å². The molecule has 0 radical (unpaired) electrons. The number of carbonyl (C=O) groups excluding carboxylic acids is 3. The molecule has 1 aromatic rings. The van der Waals surface area contributed by atoms with E-state index in [4.69, 9.17) is 4.74 Å². The maximum atomic E-state index is 14.2. The average molecular weight is 516 g/mol. The number of aryl methyl sites for hydroxylation is 2. The third-order valence-electron chi connectivity index (χ3n) is 6.83. The largest absolute Gasteiger partial charge is 0.444 e. The van der Waals surface area contributed by atoms with Crippen LogP contribution in [0.15, 0.2) is 18.2 Å². The maximum absolute atomic E-state index is 14.2. The van der Waals surface area contributed by atoms with E-state index < -0.39 is 23.8 Å². The SMILES string of the molecule is Cc1ccc(C(C(=O)NC2CCCCC2)N(C(=O)C(CC(C)C)NC(=O)OC(C)(C)C)C(C)C)cc1C. The second-order valence-electron chi connectivity index (χ2n) is 12.3. The van der Waals surface area contributed by atoms with E-state index in [1.165, 1.54) is 6.42 Å². The molecule has 2 N–H and O–H groups in total. The molecule has 0 aliphatic heterocycles. The Kier molecular flexibility index (Phi) is 11.0. The first-order valence-electron chi connectivity index (χ1n) is 13.9. The summed E-state index contributed by atoms with van der Waals surface area (Å²) < 4.78 is 5.46. The van der Waals surface area contributed by atoms with Crippen molar-refractivity contribution >= 4 is 17.9 Å². The first-order valence-corrected chi connectivity index (χ1v) is 13.9. The van der Waals surface area contributed by atoms with Crippen molar-refractivity contribution in [3.05, 3.63) is 34.9 Å². The first kappa shape index (κ1) is 30.7. The fraction of sp³-hybridized carbons (Fsp3) is 0.700. The van der Waals surface area contributed by atoms with Crippen LogP contribution in [0, 0.1) is 19.8 Å². The van der Waals surface area contributed by atoms with Gasteiger partial charge >= 0.3 is 6.09 Å². The Labute approximate surface area is 224 Å². The summed E-state index contributed by atoms with van der Waals surface area (Å²) >= 11 is 0. The smallest absolute Gasteiger partial charge is 0.408 e. The molecule has 208 valence electrons. The average Bonchev–Trinajstić information content (AvgIpc) is 2.77. The normalized spacial score (nSPS) is 16.3. The number of rotatable bonds is 9. The standard InChI is InChI=1S/C30H49N3O4/c1-19(2)17-25(32-29(36)37-30(7,8)9)28(35)33(20(3)4)26(23-16-15-21(5)22(6)18-23)27(34)31-24-13-11-10-12-14-24/h15-16,18-20,24-26H,10-14,17H2,1-9H3,(H,31,34)(H,32,36). The molecule has 7 heteroatoms. The molecule has 1 fully saturated rings.